The van der Waals surface area contributed by atoms with Crippen LogP contribution in [0.25, 0.3) is 11.3 Å². The van der Waals surface area contributed by atoms with Crippen LogP contribution in [0.3, 0.4) is 0 Å². The average Bonchev–Trinajstić information content (AvgIpc) is 3.15. The Kier molecular flexibility index (Phi) is 5.36. The molecule has 0 bridgehead atoms. The Morgan fingerprint density at radius 1 is 1.32 bits per heavy atom. The third-order valence-electron chi connectivity index (χ3n) is 3.45. The van der Waals surface area contributed by atoms with E-state index in [0.29, 0.717) is 5.69 Å². The van der Waals surface area contributed by atoms with Crippen molar-refractivity contribution in [1.29, 1.82) is 0 Å². The Morgan fingerprint density at radius 3 is 2.75 bits per heavy atom. The summed E-state index contributed by atoms with van der Waals surface area (Å²) in [6, 6.07) is 5.03. The summed E-state index contributed by atoms with van der Waals surface area (Å²) >= 11 is 5.87. The van der Waals surface area contributed by atoms with Gasteiger partial charge in [-0.15, -0.1) is 13.2 Å². The molecule has 8 nitrogen and oxygen atoms in total. The van der Waals surface area contributed by atoms with E-state index in [-0.39, 0.29) is 34.3 Å². The van der Waals surface area contributed by atoms with Crippen molar-refractivity contribution in [3.05, 3.63) is 53.1 Å². The number of aromatic nitrogens is 4. The number of carbonyl (C=O) groups is 1. The maximum absolute atomic E-state index is 12.6. The topological polar surface area (TPSA) is 119 Å². The van der Waals surface area contributed by atoms with Gasteiger partial charge in [0.25, 0.3) is 5.91 Å². The molecule has 0 aliphatic rings. The van der Waals surface area contributed by atoms with E-state index in [4.69, 9.17) is 17.3 Å². The number of nitrogens with two attached hydrogens (primary N) is 1. The summed E-state index contributed by atoms with van der Waals surface area (Å²) in [5.41, 5.74) is 6.31. The molecule has 1 aromatic carbocycles. The van der Waals surface area contributed by atoms with E-state index in [2.05, 4.69) is 30.2 Å². The Hall–Kier alpha value is -3.34. The molecule has 0 aliphatic heterocycles. The van der Waals surface area contributed by atoms with Gasteiger partial charge in [-0.25, -0.2) is 4.98 Å². The lowest BCUT2D eigenvalue weighted by Gasteiger charge is -2.14. The van der Waals surface area contributed by atoms with Gasteiger partial charge in [-0.3, -0.25) is 14.9 Å². The minimum atomic E-state index is -4.90. The first-order valence-electron chi connectivity index (χ1n) is 7.67. The fourth-order valence-corrected chi connectivity index (χ4v) is 2.46. The van der Waals surface area contributed by atoms with Crippen LogP contribution in [-0.4, -0.2) is 32.4 Å². The Balaban J connectivity index is 1.83. The average molecular weight is 413 g/mol. The fourth-order valence-electron chi connectivity index (χ4n) is 2.28. The minimum absolute atomic E-state index is 0.00319. The zero-order chi connectivity index (χ0) is 20.3. The van der Waals surface area contributed by atoms with E-state index in [9.17, 15) is 18.0 Å². The standard InChI is InChI=1S/C16H12ClF3N6O2/c17-8-1-2-12(28-16(18,19)20)10(5-8)13-14(21)25-9(6-22-13)7-23-15(27)11-3-4-24-26-11/h1-6H,7H2,(H2,21,25)(H,23,27)(H,24,26). The minimum Gasteiger partial charge on any atom is -0.405 e. The van der Waals surface area contributed by atoms with Gasteiger partial charge in [0.1, 0.15) is 17.1 Å². The van der Waals surface area contributed by atoms with Gasteiger partial charge in [0, 0.05) is 16.8 Å². The Labute approximate surface area is 160 Å². The third-order valence-corrected chi connectivity index (χ3v) is 3.68. The zero-order valence-corrected chi connectivity index (χ0v) is 14.7. The molecule has 3 aromatic rings. The van der Waals surface area contributed by atoms with Gasteiger partial charge in [0.15, 0.2) is 5.82 Å². The number of ether oxygens (including phenoxy) is 1. The highest BCUT2D eigenvalue weighted by Crippen LogP contribution is 2.36. The van der Waals surface area contributed by atoms with Gasteiger partial charge in [0.05, 0.1) is 18.4 Å². The summed E-state index contributed by atoms with van der Waals surface area (Å²) in [5.74, 6) is -1.08. The molecule has 28 heavy (non-hydrogen) atoms. The molecule has 12 heteroatoms. The maximum Gasteiger partial charge on any atom is 0.573 e. The van der Waals surface area contributed by atoms with Crippen molar-refractivity contribution in [2.75, 3.05) is 5.73 Å². The number of aromatic amines is 1. The zero-order valence-electron chi connectivity index (χ0n) is 13.9. The van der Waals surface area contributed by atoms with Crippen molar-refractivity contribution in [3.8, 4) is 17.0 Å². The van der Waals surface area contributed by atoms with Crippen molar-refractivity contribution in [2.24, 2.45) is 0 Å². The Bertz CT molecular complexity index is 995. The number of anilines is 1. The number of H-pyrrole nitrogens is 1. The number of nitrogens with one attached hydrogen (secondary N) is 2. The fraction of sp³-hybridized carbons (Fsp3) is 0.125. The van der Waals surface area contributed by atoms with Crippen LogP contribution in [0, 0.1) is 0 Å². The molecule has 1 amide bonds. The van der Waals surface area contributed by atoms with Crippen LogP contribution in [0.5, 0.6) is 5.75 Å². The number of benzene rings is 1. The molecule has 2 heterocycles. The van der Waals surface area contributed by atoms with Crippen molar-refractivity contribution in [3.63, 3.8) is 0 Å². The molecule has 146 valence electrons. The van der Waals surface area contributed by atoms with Crippen LogP contribution in [0.1, 0.15) is 16.2 Å². The number of alkyl halides is 3. The first-order valence-corrected chi connectivity index (χ1v) is 8.05. The van der Waals surface area contributed by atoms with Crippen molar-refractivity contribution >= 4 is 23.3 Å². The van der Waals surface area contributed by atoms with E-state index in [1.54, 1.807) is 0 Å². The quantitative estimate of drug-likeness (QED) is 0.593. The summed E-state index contributed by atoms with van der Waals surface area (Å²) < 4.78 is 41.9. The van der Waals surface area contributed by atoms with Crippen LogP contribution in [0.2, 0.25) is 5.02 Å². The van der Waals surface area contributed by atoms with Crippen LogP contribution in [0.15, 0.2) is 36.7 Å². The van der Waals surface area contributed by atoms with Gasteiger partial charge in [-0.05, 0) is 24.3 Å². The summed E-state index contributed by atoms with van der Waals surface area (Å²) in [7, 11) is 0. The van der Waals surface area contributed by atoms with Gasteiger partial charge >= 0.3 is 6.36 Å². The highest BCUT2D eigenvalue weighted by Gasteiger charge is 2.32. The molecular weight excluding hydrogens is 401 g/mol. The molecule has 0 unspecified atom stereocenters. The van der Waals surface area contributed by atoms with Gasteiger partial charge < -0.3 is 15.8 Å². The molecule has 4 N–H and O–H groups in total. The van der Waals surface area contributed by atoms with Gasteiger partial charge in [0.2, 0.25) is 0 Å². The molecule has 0 fully saturated rings. The smallest absolute Gasteiger partial charge is 0.405 e. The number of hydrogen-bond acceptors (Lipinski definition) is 6. The van der Waals surface area contributed by atoms with E-state index in [0.717, 1.165) is 6.07 Å². The molecular formula is C16H12ClF3N6O2. The first-order chi connectivity index (χ1) is 13.2. The summed E-state index contributed by atoms with van der Waals surface area (Å²) in [5, 5.41) is 8.91. The SMILES string of the molecule is Nc1nc(CNC(=O)c2ccn[nH]2)cnc1-c1cc(Cl)ccc1OC(F)(F)F. The van der Waals surface area contributed by atoms with Crippen molar-refractivity contribution in [1.82, 2.24) is 25.5 Å². The van der Waals surface area contributed by atoms with E-state index >= 15 is 0 Å². The number of carbonyl (C=O) groups excluding carboxylic acids is 1. The number of hydrogen-bond donors (Lipinski definition) is 3. The molecule has 0 aliphatic carbocycles. The predicted molar refractivity (Wildman–Crippen MR) is 93.3 cm³/mol. The normalized spacial score (nSPS) is 11.3. The number of nitrogen functional groups attached to an aromatic ring is 1. The molecule has 0 radical (unpaired) electrons. The van der Waals surface area contributed by atoms with Crippen LogP contribution in [0.4, 0.5) is 19.0 Å². The number of amides is 1. The second-order valence-electron chi connectivity index (χ2n) is 5.44. The molecule has 0 atom stereocenters. The molecule has 0 saturated carbocycles. The lowest BCUT2D eigenvalue weighted by molar-refractivity contribution is -0.274. The molecule has 0 saturated heterocycles. The predicted octanol–water partition coefficient (Wildman–Crippen LogP) is 2.93. The monoisotopic (exact) mass is 412 g/mol. The second-order valence-corrected chi connectivity index (χ2v) is 5.87. The van der Waals surface area contributed by atoms with Crippen LogP contribution in [-0.2, 0) is 6.54 Å². The van der Waals surface area contributed by atoms with Crippen LogP contribution < -0.4 is 15.8 Å². The van der Waals surface area contributed by atoms with Gasteiger partial charge in [-0.1, -0.05) is 11.6 Å². The van der Waals surface area contributed by atoms with Crippen molar-refractivity contribution < 1.29 is 22.7 Å². The van der Waals surface area contributed by atoms with E-state index in [1.165, 1.54) is 30.6 Å². The highest BCUT2D eigenvalue weighted by molar-refractivity contribution is 6.31. The summed E-state index contributed by atoms with van der Waals surface area (Å²) in [6.45, 7) is -0.00319. The van der Waals surface area contributed by atoms with E-state index in [1.807, 2.05) is 0 Å². The Morgan fingerprint density at radius 2 is 2.11 bits per heavy atom. The maximum atomic E-state index is 12.6. The van der Waals surface area contributed by atoms with E-state index < -0.39 is 18.0 Å². The summed E-state index contributed by atoms with van der Waals surface area (Å²) in [6.07, 6.45) is -2.20. The second kappa shape index (κ2) is 7.72. The number of nitrogens with zero attached hydrogens (tertiary/aromatic N) is 3. The largest absolute Gasteiger partial charge is 0.573 e. The molecule has 2 aromatic heterocycles. The number of halogens is 4. The van der Waals surface area contributed by atoms with Gasteiger partial charge in [-0.2, -0.15) is 5.10 Å². The number of rotatable bonds is 5. The third kappa shape index (κ3) is 4.68. The summed E-state index contributed by atoms with van der Waals surface area (Å²) in [4.78, 5) is 20.0. The van der Waals surface area contributed by atoms with Crippen molar-refractivity contribution in [2.45, 2.75) is 12.9 Å². The lowest BCUT2D eigenvalue weighted by Crippen LogP contribution is -2.24. The first kappa shape index (κ1) is 19.4. The molecule has 0 spiro atoms. The molecule has 3 rings (SSSR count). The van der Waals surface area contributed by atoms with Crippen LogP contribution >= 0.6 is 11.6 Å². The lowest BCUT2D eigenvalue weighted by atomic mass is 10.1. The highest BCUT2D eigenvalue weighted by atomic mass is 35.5.